The molecule has 3 aliphatic rings. The van der Waals surface area contributed by atoms with E-state index in [1.54, 1.807) is 0 Å². The fourth-order valence-corrected chi connectivity index (χ4v) is 5.05. The van der Waals surface area contributed by atoms with Gasteiger partial charge in [-0.3, -0.25) is 0 Å². The summed E-state index contributed by atoms with van der Waals surface area (Å²) in [4.78, 5) is 0. The monoisotopic (exact) mass is 295 g/mol. The average molecular weight is 295 g/mol. The fraction of sp³-hybridized carbons (Fsp3) is 1.00. The summed E-state index contributed by atoms with van der Waals surface area (Å²) in [5.41, 5.74) is 7.30. The molecule has 2 N–H and O–H groups in total. The van der Waals surface area contributed by atoms with Crippen LogP contribution in [0.3, 0.4) is 0 Å². The molecule has 122 valence electrons. The van der Waals surface area contributed by atoms with E-state index in [9.17, 15) is 0 Å². The van der Waals surface area contributed by atoms with Gasteiger partial charge in [-0.05, 0) is 55.8 Å². The van der Waals surface area contributed by atoms with Gasteiger partial charge in [0.25, 0.3) is 0 Å². The molecular weight excluding hydrogens is 262 g/mol. The molecule has 3 nitrogen and oxygen atoms in total. The third-order valence-corrected chi connectivity index (χ3v) is 6.53. The van der Waals surface area contributed by atoms with E-state index in [0.29, 0.717) is 23.3 Å². The molecule has 3 heteroatoms. The first-order chi connectivity index (χ1) is 10.0. The van der Waals surface area contributed by atoms with E-state index in [1.807, 2.05) is 0 Å². The lowest BCUT2D eigenvalue weighted by molar-refractivity contribution is -0.152. The van der Waals surface area contributed by atoms with Crippen molar-refractivity contribution in [1.29, 1.82) is 0 Å². The normalized spacial score (nSPS) is 37.3. The number of hydrogen-bond donors (Lipinski definition) is 1. The van der Waals surface area contributed by atoms with Gasteiger partial charge in [-0.25, -0.2) is 0 Å². The molecule has 0 aromatic carbocycles. The molecule has 2 heterocycles. The van der Waals surface area contributed by atoms with E-state index >= 15 is 0 Å². The highest BCUT2D eigenvalue weighted by Gasteiger charge is 2.45. The van der Waals surface area contributed by atoms with Crippen LogP contribution in [0.2, 0.25) is 0 Å². The minimum absolute atomic E-state index is 0.0809. The number of rotatable bonds is 2. The van der Waals surface area contributed by atoms with E-state index < -0.39 is 0 Å². The van der Waals surface area contributed by atoms with Crippen molar-refractivity contribution in [2.24, 2.45) is 23.0 Å². The molecule has 3 fully saturated rings. The topological polar surface area (TPSA) is 44.5 Å². The number of nitrogens with two attached hydrogens (primary N) is 1. The molecule has 0 amide bonds. The van der Waals surface area contributed by atoms with E-state index in [1.165, 1.54) is 25.7 Å². The van der Waals surface area contributed by atoms with E-state index in [2.05, 4.69) is 13.8 Å². The summed E-state index contributed by atoms with van der Waals surface area (Å²) < 4.78 is 11.7. The zero-order chi connectivity index (χ0) is 14.9. The maximum Gasteiger partial charge on any atom is 0.0729 e. The maximum absolute atomic E-state index is 6.80. The highest BCUT2D eigenvalue weighted by molar-refractivity contribution is 4.97. The van der Waals surface area contributed by atoms with Crippen molar-refractivity contribution in [3.63, 3.8) is 0 Å². The van der Waals surface area contributed by atoms with Crippen LogP contribution < -0.4 is 5.73 Å². The Morgan fingerprint density at radius 1 is 1.00 bits per heavy atom. The van der Waals surface area contributed by atoms with Crippen molar-refractivity contribution < 1.29 is 9.47 Å². The van der Waals surface area contributed by atoms with E-state index in [-0.39, 0.29) is 5.60 Å². The lowest BCUT2D eigenvalue weighted by atomic mass is 9.62. The van der Waals surface area contributed by atoms with Crippen LogP contribution in [0.4, 0.5) is 0 Å². The van der Waals surface area contributed by atoms with Crippen molar-refractivity contribution >= 4 is 0 Å². The lowest BCUT2D eigenvalue weighted by Crippen LogP contribution is -2.52. The van der Waals surface area contributed by atoms with Gasteiger partial charge in [-0.2, -0.15) is 0 Å². The van der Waals surface area contributed by atoms with Crippen molar-refractivity contribution in [3.8, 4) is 0 Å². The van der Waals surface area contributed by atoms with Gasteiger partial charge in [0.1, 0.15) is 0 Å². The molecule has 0 aromatic heterocycles. The quantitative estimate of drug-likeness (QED) is 0.848. The zero-order valence-electron chi connectivity index (χ0n) is 13.9. The minimum Gasteiger partial charge on any atom is -0.381 e. The molecule has 0 bridgehead atoms. The highest BCUT2D eigenvalue weighted by atomic mass is 16.5. The summed E-state index contributed by atoms with van der Waals surface area (Å²) >= 11 is 0. The standard InChI is InChI=1S/C18H33NO2/c1-17(2)7-4-3-5-15(17)16(19)14-6-10-21-18(13-14)8-11-20-12-9-18/h14-16H,3-13,19H2,1-2H3. The van der Waals surface area contributed by atoms with Gasteiger partial charge in [0.15, 0.2) is 0 Å². The van der Waals surface area contributed by atoms with Crippen molar-refractivity contribution in [2.45, 2.75) is 76.9 Å². The fourth-order valence-electron chi connectivity index (χ4n) is 5.05. The first-order valence-electron chi connectivity index (χ1n) is 9.00. The molecule has 3 atom stereocenters. The number of hydrogen-bond acceptors (Lipinski definition) is 3. The van der Waals surface area contributed by atoms with Gasteiger partial charge < -0.3 is 15.2 Å². The smallest absolute Gasteiger partial charge is 0.0729 e. The molecule has 1 spiro atoms. The summed E-state index contributed by atoms with van der Waals surface area (Å²) in [6.45, 7) is 7.47. The Balaban J connectivity index is 1.67. The van der Waals surface area contributed by atoms with Gasteiger partial charge in [0, 0.05) is 25.9 Å². The predicted octanol–water partition coefficient (Wildman–Crippen LogP) is 3.51. The third-order valence-electron chi connectivity index (χ3n) is 6.53. The molecule has 3 rings (SSSR count). The molecule has 1 aliphatic carbocycles. The Labute approximate surface area is 129 Å². The Morgan fingerprint density at radius 2 is 1.76 bits per heavy atom. The molecule has 1 saturated carbocycles. The molecule has 0 radical (unpaired) electrons. The molecule has 2 saturated heterocycles. The van der Waals surface area contributed by atoms with Crippen LogP contribution in [-0.2, 0) is 9.47 Å². The van der Waals surface area contributed by atoms with Crippen LogP contribution in [0, 0.1) is 17.3 Å². The third kappa shape index (κ3) is 3.30. The van der Waals surface area contributed by atoms with E-state index in [0.717, 1.165) is 45.5 Å². The van der Waals surface area contributed by atoms with Gasteiger partial charge in [-0.1, -0.05) is 26.7 Å². The lowest BCUT2D eigenvalue weighted by Gasteiger charge is -2.49. The van der Waals surface area contributed by atoms with Gasteiger partial charge in [0.05, 0.1) is 5.60 Å². The highest BCUT2D eigenvalue weighted by Crippen LogP contribution is 2.46. The van der Waals surface area contributed by atoms with Gasteiger partial charge >= 0.3 is 0 Å². The second-order valence-corrected chi connectivity index (χ2v) is 8.31. The summed E-state index contributed by atoms with van der Waals surface area (Å²) in [5, 5.41) is 0. The second-order valence-electron chi connectivity index (χ2n) is 8.31. The molecular formula is C18H33NO2. The molecule has 2 aliphatic heterocycles. The molecule has 3 unspecified atom stereocenters. The average Bonchev–Trinajstić information content (AvgIpc) is 2.47. The summed E-state index contributed by atoms with van der Waals surface area (Å²) in [5.74, 6) is 1.32. The first kappa shape index (κ1) is 15.8. The van der Waals surface area contributed by atoms with Crippen molar-refractivity contribution in [1.82, 2.24) is 0 Å². The van der Waals surface area contributed by atoms with E-state index in [4.69, 9.17) is 15.2 Å². The van der Waals surface area contributed by atoms with Crippen LogP contribution in [-0.4, -0.2) is 31.5 Å². The summed E-state index contributed by atoms with van der Waals surface area (Å²) in [7, 11) is 0. The Kier molecular flexibility index (Phi) is 4.63. The number of ether oxygens (including phenoxy) is 2. The van der Waals surface area contributed by atoms with Crippen LogP contribution in [0.25, 0.3) is 0 Å². The van der Waals surface area contributed by atoms with Gasteiger partial charge in [-0.15, -0.1) is 0 Å². The van der Waals surface area contributed by atoms with Crippen LogP contribution >= 0.6 is 0 Å². The first-order valence-corrected chi connectivity index (χ1v) is 9.00. The zero-order valence-corrected chi connectivity index (χ0v) is 13.9. The second kappa shape index (κ2) is 6.17. The largest absolute Gasteiger partial charge is 0.381 e. The van der Waals surface area contributed by atoms with Crippen LogP contribution in [0.1, 0.15) is 65.2 Å². The van der Waals surface area contributed by atoms with Gasteiger partial charge in [0.2, 0.25) is 0 Å². The maximum atomic E-state index is 6.80. The summed E-state index contributed by atoms with van der Waals surface area (Å²) in [6.07, 6.45) is 9.83. The Morgan fingerprint density at radius 3 is 2.48 bits per heavy atom. The van der Waals surface area contributed by atoms with Crippen LogP contribution in [0.5, 0.6) is 0 Å². The predicted molar refractivity (Wildman–Crippen MR) is 85.2 cm³/mol. The Hall–Kier alpha value is -0.120. The van der Waals surface area contributed by atoms with Crippen molar-refractivity contribution in [2.75, 3.05) is 19.8 Å². The SMILES string of the molecule is CC1(C)CCCCC1C(N)C1CCOC2(CCOCC2)C1. The minimum atomic E-state index is 0.0809. The summed E-state index contributed by atoms with van der Waals surface area (Å²) in [6, 6.07) is 0.351. The molecule has 0 aromatic rings. The molecule has 21 heavy (non-hydrogen) atoms. The van der Waals surface area contributed by atoms with Crippen molar-refractivity contribution in [3.05, 3.63) is 0 Å². The Bertz CT molecular complexity index is 344. The van der Waals surface area contributed by atoms with Crippen LogP contribution in [0.15, 0.2) is 0 Å².